The number of rotatable bonds is 4. The average molecular weight is 329 g/mol. The smallest absolute Gasteiger partial charge is 0.175 e. The number of hydrogen-bond acceptors (Lipinski definition) is 4. The van der Waals surface area contributed by atoms with Gasteiger partial charge >= 0.3 is 0 Å². The van der Waals surface area contributed by atoms with Gasteiger partial charge in [-0.25, -0.2) is 4.68 Å². The summed E-state index contributed by atoms with van der Waals surface area (Å²) in [7, 11) is 0. The second-order valence-electron chi connectivity index (χ2n) is 3.27. The van der Waals surface area contributed by atoms with Crippen molar-refractivity contribution >= 4 is 22.6 Å². The fourth-order valence-electron chi connectivity index (χ4n) is 1.25. The summed E-state index contributed by atoms with van der Waals surface area (Å²) in [5.74, 6) is 0.739. The highest BCUT2D eigenvalue weighted by molar-refractivity contribution is 14.1. The van der Waals surface area contributed by atoms with Gasteiger partial charge in [-0.15, -0.1) is 5.10 Å². The molecule has 0 saturated heterocycles. The van der Waals surface area contributed by atoms with Gasteiger partial charge in [-0.2, -0.15) is 10.2 Å². The number of aromatic nitrogens is 4. The molecule has 0 atom stereocenters. The molecule has 0 amide bonds. The second kappa shape index (κ2) is 5.35. The minimum atomic E-state index is 0.739. The normalized spacial score (nSPS) is 10.6. The third-order valence-corrected chi connectivity index (χ3v) is 2.60. The van der Waals surface area contributed by atoms with Crippen molar-refractivity contribution in [3.63, 3.8) is 0 Å². The SMILES string of the molecule is CCNCc1ccc(-n2cc(I)cn2)nn1. The molecule has 0 unspecified atom stereocenters. The Kier molecular flexibility index (Phi) is 3.83. The van der Waals surface area contributed by atoms with E-state index >= 15 is 0 Å². The van der Waals surface area contributed by atoms with Crippen LogP contribution in [0.1, 0.15) is 12.6 Å². The molecular formula is C10H12IN5. The zero-order valence-corrected chi connectivity index (χ0v) is 11.0. The van der Waals surface area contributed by atoms with Crippen LogP contribution in [-0.4, -0.2) is 26.5 Å². The Hall–Kier alpha value is -1.02. The van der Waals surface area contributed by atoms with Crippen LogP contribution in [-0.2, 0) is 6.54 Å². The van der Waals surface area contributed by atoms with Gasteiger partial charge in [0.15, 0.2) is 5.82 Å². The van der Waals surface area contributed by atoms with Crippen molar-refractivity contribution in [2.75, 3.05) is 6.54 Å². The predicted molar refractivity (Wildman–Crippen MR) is 69.3 cm³/mol. The second-order valence-corrected chi connectivity index (χ2v) is 4.51. The summed E-state index contributed by atoms with van der Waals surface area (Å²) in [5.41, 5.74) is 0.937. The van der Waals surface area contributed by atoms with E-state index in [1.54, 1.807) is 10.9 Å². The molecule has 0 radical (unpaired) electrons. The van der Waals surface area contributed by atoms with E-state index in [1.807, 2.05) is 18.3 Å². The van der Waals surface area contributed by atoms with Gasteiger partial charge in [-0.3, -0.25) is 0 Å². The molecular weight excluding hydrogens is 317 g/mol. The molecule has 6 heteroatoms. The summed E-state index contributed by atoms with van der Waals surface area (Å²) >= 11 is 2.21. The largest absolute Gasteiger partial charge is 0.311 e. The Morgan fingerprint density at radius 3 is 2.81 bits per heavy atom. The molecule has 0 aliphatic heterocycles. The van der Waals surface area contributed by atoms with Crippen molar-refractivity contribution in [1.82, 2.24) is 25.3 Å². The van der Waals surface area contributed by atoms with Crippen molar-refractivity contribution < 1.29 is 0 Å². The zero-order chi connectivity index (χ0) is 11.4. The van der Waals surface area contributed by atoms with Crippen LogP contribution in [0.25, 0.3) is 5.82 Å². The molecule has 2 rings (SSSR count). The fourth-order valence-corrected chi connectivity index (χ4v) is 1.64. The standard InChI is InChI=1S/C10H12IN5/c1-2-12-6-9-3-4-10(15-14-9)16-7-8(11)5-13-16/h3-5,7,12H,2,6H2,1H3. The van der Waals surface area contributed by atoms with Gasteiger partial charge in [0.1, 0.15) is 0 Å². The lowest BCUT2D eigenvalue weighted by Gasteiger charge is -2.02. The van der Waals surface area contributed by atoms with E-state index in [9.17, 15) is 0 Å². The van der Waals surface area contributed by atoms with E-state index in [-0.39, 0.29) is 0 Å². The topological polar surface area (TPSA) is 55.6 Å². The predicted octanol–water partition coefficient (Wildman–Crippen LogP) is 1.38. The summed E-state index contributed by atoms with van der Waals surface area (Å²) in [6, 6.07) is 3.88. The maximum atomic E-state index is 4.17. The lowest BCUT2D eigenvalue weighted by atomic mass is 10.4. The molecule has 16 heavy (non-hydrogen) atoms. The van der Waals surface area contributed by atoms with E-state index in [0.29, 0.717) is 0 Å². The Balaban J connectivity index is 2.13. The molecule has 0 aliphatic carbocycles. The van der Waals surface area contributed by atoms with Crippen LogP contribution < -0.4 is 5.32 Å². The molecule has 2 heterocycles. The van der Waals surface area contributed by atoms with E-state index in [0.717, 1.165) is 28.2 Å². The van der Waals surface area contributed by atoms with E-state index < -0.39 is 0 Å². The Bertz CT molecular complexity index is 450. The van der Waals surface area contributed by atoms with Crippen LogP contribution in [0.3, 0.4) is 0 Å². The minimum Gasteiger partial charge on any atom is -0.311 e. The first-order valence-electron chi connectivity index (χ1n) is 5.03. The third-order valence-electron chi connectivity index (χ3n) is 2.05. The van der Waals surface area contributed by atoms with Crippen molar-refractivity contribution in [1.29, 1.82) is 0 Å². The van der Waals surface area contributed by atoms with E-state index in [4.69, 9.17) is 0 Å². The van der Waals surface area contributed by atoms with Gasteiger partial charge in [-0.1, -0.05) is 6.92 Å². The van der Waals surface area contributed by atoms with E-state index in [1.165, 1.54) is 0 Å². The minimum absolute atomic E-state index is 0.739. The zero-order valence-electron chi connectivity index (χ0n) is 8.89. The van der Waals surface area contributed by atoms with Gasteiger partial charge in [0.25, 0.3) is 0 Å². The van der Waals surface area contributed by atoms with Crippen LogP contribution in [0.5, 0.6) is 0 Å². The Morgan fingerprint density at radius 2 is 2.25 bits per heavy atom. The molecule has 0 spiro atoms. The Labute approximate surface area is 107 Å². The molecule has 2 aromatic rings. The lowest BCUT2D eigenvalue weighted by Crippen LogP contribution is -2.13. The summed E-state index contributed by atoms with van der Waals surface area (Å²) in [5, 5.41) is 15.6. The number of nitrogens with zero attached hydrogens (tertiary/aromatic N) is 4. The van der Waals surface area contributed by atoms with Crippen LogP contribution in [0.4, 0.5) is 0 Å². The lowest BCUT2D eigenvalue weighted by molar-refractivity contribution is 0.692. The Morgan fingerprint density at radius 1 is 1.38 bits per heavy atom. The molecule has 1 N–H and O–H groups in total. The van der Waals surface area contributed by atoms with Crippen LogP contribution in [0, 0.1) is 3.57 Å². The van der Waals surface area contributed by atoms with Gasteiger partial charge in [0.05, 0.1) is 15.5 Å². The monoisotopic (exact) mass is 329 g/mol. The van der Waals surface area contributed by atoms with Crippen LogP contribution in [0.15, 0.2) is 24.5 Å². The number of hydrogen-bond donors (Lipinski definition) is 1. The molecule has 84 valence electrons. The number of nitrogens with one attached hydrogen (secondary N) is 1. The first-order valence-corrected chi connectivity index (χ1v) is 6.11. The summed E-state index contributed by atoms with van der Waals surface area (Å²) < 4.78 is 2.79. The molecule has 0 fully saturated rings. The maximum absolute atomic E-state index is 4.17. The molecule has 0 saturated carbocycles. The summed E-state index contributed by atoms with van der Waals surface area (Å²) in [6.07, 6.45) is 3.70. The van der Waals surface area contributed by atoms with Crippen molar-refractivity contribution in [2.45, 2.75) is 13.5 Å². The number of halogens is 1. The molecule has 0 bridgehead atoms. The first kappa shape index (κ1) is 11.5. The highest BCUT2D eigenvalue weighted by atomic mass is 127. The summed E-state index contributed by atoms with van der Waals surface area (Å²) in [6.45, 7) is 3.74. The average Bonchev–Trinajstić information content (AvgIpc) is 2.74. The van der Waals surface area contributed by atoms with Gasteiger partial charge in [0, 0.05) is 12.7 Å². The van der Waals surface area contributed by atoms with E-state index in [2.05, 4.69) is 50.1 Å². The quantitative estimate of drug-likeness (QED) is 0.861. The highest BCUT2D eigenvalue weighted by Crippen LogP contribution is 2.06. The molecule has 0 aromatic carbocycles. The van der Waals surface area contributed by atoms with Crippen LogP contribution in [0.2, 0.25) is 0 Å². The van der Waals surface area contributed by atoms with Gasteiger partial charge in [-0.05, 0) is 41.3 Å². The fraction of sp³-hybridized carbons (Fsp3) is 0.300. The third kappa shape index (κ3) is 2.76. The van der Waals surface area contributed by atoms with Gasteiger partial charge < -0.3 is 5.32 Å². The molecule has 5 nitrogen and oxygen atoms in total. The van der Waals surface area contributed by atoms with Crippen molar-refractivity contribution in [3.8, 4) is 5.82 Å². The molecule has 2 aromatic heterocycles. The summed E-state index contributed by atoms with van der Waals surface area (Å²) in [4.78, 5) is 0. The highest BCUT2D eigenvalue weighted by Gasteiger charge is 2.01. The maximum Gasteiger partial charge on any atom is 0.175 e. The first-order chi connectivity index (χ1) is 7.79. The van der Waals surface area contributed by atoms with Crippen molar-refractivity contribution in [2.24, 2.45) is 0 Å². The van der Waals surface area contributed by atoms with Crippen LogP contribution >= 0.6 is 22.6 Å². The molecule has 0 aliphatic rings. The van der Waals surface area contributed by atoms with Crippen molar-refractivity contribution in [3.05, 3.63) is 33.8 Å². The van der Waals surface area contributed by atoms with Gasteiger partial charge in [0.2, 0.25) is 0 Å².